The first kappa shape index (κ1) is 18.0. The predicted molar refractivity (Wildman–Crippen MR) is 98.1 cm³/mol. The van der Waals surface area contributed by atoms with Crippen molar-refractivity contribution in [3.8, 4) is 0 Å². The Balaban J connectivity index is 2.00. The van der Waals surface area contributed by atoms with Gasteiger partial charge in [0.25, 0.3) is 5.69 Å². The fourth-order valence-corrected chi connectivity index (χ4v) is 2.06. The first-order valence-electron chi connectivity index (χ1n) is 7.06. The topological polar surface area (TPSA) is 117 Å². The molecule has 0 atom stereocenters. The second-order valence-corrected chi connectivity index (χ2v) is 5.36. The van der Waals surface area contributed by atoms with Gasteiger partial charge in [0, 0.05) is 23.4 Å². The van der Waals surface area contributed by atoms with Gasteiger partial charge in [-0.15, -0.1) is 0 Å². The van der Waals surface area contributed by atoms with Gasteiger partial charge in [-0.25, -0.2) is 4.79 Å². The second kappa shape index (κ2) is 7.97. The fourth-order valence-electron chi connectivity index (χ4n) is 1.90. The number of hydrogen-bond acceptors (Lipinski definition) is 5. The molecule has 2 rings (SSSR count). The third-order valence-electron chi connectivity index (χ3n) is 3.19. The number of nitrogens with one attached hydrogen (secondary N) is 2. The minimum atomic E-state index is -1.01. The molecule has 0 aliphatic rings. The van der Waals surface area contributed by atoms with Crippen LogP contribution < -0.4 is 10.7 Å². The number of aromatic carboxylic acids is 1. The number of anilines is 1. The number of nitro benzene ring substituents is 1. The Morgan fingerprint density at radius 1 is 1.20 bits per heavy atom. The van der Waals surface area contributed by atoms with Gasteiger partial charge in [0.15, 0.2) is 5.11 Å². The van der Waals surface area contributed by atoms with Crippen LogP contribution in [0.3, 0.4) is 0 Å². The van der Waals surface area contributed by atoms with Crippen LogP contribution in [-0.2, 0) is 0 Å². The zero-order chi connectivity index (χ0) is 18.4. The first-order chi connectivity index (χ1) is 11.9. The van der Waals surface area contributed by atoms with E-state index in [4.69, 9.17) is 17.3 Å². The minimum absolute atomic E-state index is 0.0220. The van der Waals surface area contributed by atoms with E-state index >= 15 is 0 Å². The summed E-state index contributed by atoms with van der Waals surface area (Å²) in [5, 5.41) is 26.8. The lowest BCUT2D eigenvalue weighted by atomic mass is 10.1. The molecule has 0 fully saturated rings. The van der Waals surface area contributed by atoms with E-state index < -0.39 is 10.9 Å². The van der Waals surface area contributed by atoms with Crippen LogP contribution in [0.2, 0.25) is 0 Å². The van der Waals surface area contributed by atoms with E-state index in [2.05, 4.69) is 15.8 Å². The molecule has 9 heteroatoms. The van der Waals surface area contributed by atoms with Crippen LogP contribution in [0, 0.1) is 10.1 Å². The van der Waals surface area contributed by atoms with Crippen molar-refractivity contribution in [3.63, 3.8) is 0 Å². The Kier molecular flexibility index (Phi) is 5.75. The largest absolute Gasteiger partial charge is 0.478 e. The summed E-state index contributed by atoms with van der Waals surface area (Å²) in [7, 11) is 0. The highest BCUT2D eigenvalue weighted by atomic mass is 32.1. The summed E-state index contributed by atoms with van der Waals surface area (Å²) in [6, 6.07) is 12.2. The predicted octanol–water partition coefficient (Wildman–Crippen LogP) is 3.00. The van der Waals surface area contributed by atoms with Crippen molar-refractivity contribution >= 4 is 40.4 Å². The summed E-state index contributed by atoms with van der Waals surface area (Å²) in [6.07, 6.45) is 0. The summed E-state index contributed by atoms with van der Waals surface area (Å²) in [6.45, 7) is 1.69. The molecule has 0 heterocycles. The Morgan fingerprint density at radius 2 is 1.88 bits per heavy atom. The summed E-state index contributed by atoms with van der Waals surface area (Å²) >= 11 is 5.10. The number of nitrogens with zero attached hydrogens (tertiary/aromatic N) is 2. The molecule has 0 amide bonds. The number of rotatable bonds is 5. The highest BCUT2D eigenvalue weighted by molar-refractivity contribution is 7.80. The first-order valence-corrected chi connectivity index (χ1v) is 7.47. The lowest BCUT2D eigenvalue weighted by molar-refractivity contribution is -0.384. The maximum atomic E-state index is 10.8. The number of thiocarbonyl (C=S) groups is 1. The van der Waals surface area contributed by atoms with Gasteiger partial charge in [0.05, 0.1) is 16.2 Å². The van der Waals surface area contributed by atoms with Gasteiger partial charge < -0.3 is 10.4 Å². The summed E-state index contributed by atoms with van der Waals surface area (Å²) in [5.74, 6) is -1.01. The normalized spacial score (nSPS) is 10.8. The van der Waals surface area contributed by atoms with Crippen LogP contribution in [0.15, 0.2) is 53.6 Å². The van der Waals surface area contributed by atoms with Gasteiger partial charge in [-0.05, 0) is 43.4 Å². The van der Waals surface area contributed by atoms with Crippen molar-refractivity contribution in [2.45, 2.75) is 6.92 Å². The van der Waals surface area contributed by atoms with Crippen molar-refractivity contribution in [2.24, 2.45) is 5.10 Å². The highest BCUT2D eigenvalue weighted by Crippen LogP contribution is 2.14. The lowest BCUT2D eigenvalue weighted by Crippen LogP contribution is -2.25. The molecule has 128 valence electrons. The van der Waals surface area contributed by atoms with E-state index in [1.807, 2.05) is 0 Å². The summed E-state index contributed by atoms with van der Waals surface area (Å²) in [5.41, 5.74) is 4.50. The van der Waals surface area contributed by atoms with Crippen LogP contribution >= 0.6 is 12.2 Å². The van der Waals surface area contributed by atoms with Crippen molar-refractivity contribution in [1.82, 2.24) is 5.43 Å². The molecule has 2 aromatic carbocycles. The molecule has 3 N–H and O–H groups in total. The molecule has 25 heavy (non-hydrogen) atoms. The van der Waals surface area contributed by atoms with Gasteiger partial charge in [0.1, 0.15) is 0 Å². The van der Waals surface area contributed by atoms with Crippen LogP contribution in [-0.4, -0.2) is 26.8 Å². The summed E-state index contributed by atoms with van der Waals surface area (Å²) in [4.78, 5) is 21.1. The van der Waals surface area contributed by atoms with E-state index in [1.165, 1.54) is 24.3 Å². The van der Waals surface area contributed by atoms with E-state index in [0.29, 0.717) is 17.0 Å². The average Bonchev–Trinajstić information content (AvgIpc) is 2.60. The SMILES string of the molecule is C/C(=N\NC(=S)Nc1ccc(C(=O)O)cc1)c1cccc([N+](=O)[O-])c1. The Hall–Kier alpha value is -3.33. The number of hydrazone groups is 1. The van der Waals surface area contributed by atoms with Crippen molar-refractivity contribution in [1.29, 1.82) is 0 Å². The van der Waals surface area contributed by atoms with E-state index in [0.717, 1.165) is 0 Å². The van der Waals surface area contributed by atoms with E-state index in [-0.39, 0.29) is 16.4 Å². The highest BCUT2D eigenvalue weighted by Gasteiger charge is 2.07. The molecule has 0 saturated carbocycles. The number of benzene rings is 2. The van der Waals surface area contributed by atoms with Crippen LogP contribution in [0.4, 0.5) is 11.4 Å². The quantitative estimate of drug-likeness (QED) is 0.325. The molecular formula is C16H14N4O4S. The summed E-state index contributed by atoms with van der Waals surface area (Å²) < 4.78 is 0. The molecule has 0 aliphatic heterocycles. The molecule has 0 unspecified atom stereocenters. The number of nitro groups is 1. The Morgan fingerprint density at radius 3 is 2.48 bits per heavy atom. The molecule has 0 bridgehead atoms. The minimum Gasteiger partial charge on any atom is -0.478 e. The third-order valence-corrected chi connectivity index (χ3v) is 3.38. The maximum Gasteiger partial charge on any atom is 0.335 e. The number of hydrogen-bond donors (Lipinski definition) is 3. The Labute approximate surface area is 148 Å². The van der Waals surface area contributed by atoms with E-state index in [1.54, 1.807) is 31.2 Å². The fraction of sp³-hybridized carbons (Fsp3) is 0.0625. The third kappa shape index (κ3) is 5.08. The molecule has 0 spiro atoms. The van der Waals surface area contributed by atoms with E-state index in [9.17, 15) is 14.9 Å². The number of carbonyl (C=O) groups is 1. The number of carboxylic acids is 1. The zero-order valence-corrected chi connectivity index (χ0v) is 13.9. The monoisotopic (exact) mass is 358 g/mol. The van der Waals surface area contributed by atoms with Gasteiger partial charge in [-0.1, -0.05) is 12.1 Å². The van der Waals surface area contributed by atoms with Gasteiger partial charge >= 0.3 is 5.97 Å². The van der Waals surface area contributed by atoms with Gasteiger partial charge in [-0.2, -0.15) is 5.10 Å². The van der Waals surface area contributed by atoms with Crippen molar-refractivity contribution in [3.05, 3.63) is 69.8 Å². The molecule has 0 aromatic heterocycles. The molecule has 2 aromatic rings. The molecule has 0 radical (unpaired) electrons. The number of carboxylic acid groups (broad SMARTS) is 1. The van der Waals surface area contributed by atoms with Crippen molar-refractivity contribution < 1.29 is 14.8 Å². The molecule has 0 saturated heterocycles. The average molecular weight is 358 g/mol. The standard InChI is InChI=1S/C16H14N4O4S/c1-10(12-3-2-4-14(9-12)20(23)24)18-19-16(25)17-13-7-5-11(6-8-13)15(21)22/h2-9H,1H3,(H,21,22)(H2,17,19,25)/b18-10+. The van der Waals surface area contributed by atoms with Crippen molar-refractivity contribution in [2.75, 3.05) is 5.32 Å². The lowest BCUT2D eigenvalue weighted by Gasteiger charge is -2.08. The van der Waals surface area contributed by atoms with Gasteiger partial charge in [-0.3, -0.25) is 15.5 Å². The van der Waals surface area contributed by atoms with Crippen LogP contribution in [0.25, 0.3) is 0 Å². The zero-order valence-electron chi connectivity index (χ0n) is 13.1. The molecule has 0 aliphatic carbocycles. The van der Waals surface area contributed by atoms with Crippen LogP contribution in [0.1, 0.15) is 22.8 Å². The molecule has 8 nitrogen and oxygen atoms in total. The van der Waals surface area contributed by atoms with Crippen LogP contribution in [0.5, 0.6) is 0 Å². The number of non-ortho nitro benzene ring substituents is 1. The second-order valence-electron chi connectivity index (χ2n) is 4.95. The molecular weight excluding hydrogens is 344 g/mol. The van der Waals surface area contributed by atoms with Gasteiger partial charge in [0.2, 0.25) is 0 Å². The Bertz CT molecular complexity index is 849. The maximum absolute atomic E-state index is 10.8. The smallest absolute Gasteiger partial charge is 0.335 e.